The summed E-state index contributed by atoms with van der Waals surface area (Å²) in [7, 11) is 1.82. The Morgan fingerprint density at radius 3 is 2.88 bits per heavy atom. The van der Waals surface area contributed by atoms with E-state index in [1.165, 1.54) is 0 Å². The van der Waals surface area contributed by atoms with Crippen molar-refractivity contribution >= 4 is 17.7 Å². The van der Waals surface area contributed by atoms with E-state index in [9.17, 15) is 9.90 Å². The summed E-state index contributed by atoms with van der Waals surface area (Å²) in [5.41, 5.74) is -0.857. The Hall–Kier alpha value is -0.300. The molecular weight excluding hydrogens is 240 g/mol. The van der Waals surface area contributed by atoms with Crippen molar-refractivity contribution in [2.75, 3.05) is 38.8 Å². The van der Waals surface area contributed by atoms with E-state index in [4.69, 9.17) is 4.74 Å². The van der Waals surface area contributed by atoms with Gasteiger partial charge in [-0.2, -0.15) is 11.8 Å². The Morgan fingerprint density at radius 1 is 1.59 bits per heavy atom. The van der Waals surface area contributed by atoms with Crippen molar-refractivity contribution in [1.82, 2.24) is 10.6 Å². The Morgan fingerprint density at radius 2 is 2.29 bits per heavy atom. The van der Waals surface area contributed by atoms with E-state index in [1.807, 2.05) is 13.3 Å². The number of thioether (sulfide) groups is 1. The molecule has 1 aliphatic rings. The molecule has 6 heteroatoms. The van der Waals surface area contributed by atoms with E-state index in [1.54, 1.807) is 18.7 Å². The third-order valence-electron chi connectivity index (χ3n) is 2.89. The van der Waals surface area contributed by atoms with Gasteiger partial charge < -0.3 is 20.5 Å². The zero-order valence-electron chi connectivity index (χ0n) is 10.7. The summed E-state index contributed by atoms with van der Waals surface area (Å²) in [5, 5.41) is 15.8. The first-order valence-corrected chi connectivity index (χ1v) is 7.13. The summed E-state index contributed by atoms with van der Waals surface area (Å²) in [6.45, 7) is 3.02. The first kappa shape index (κ1) is 14.8. The maximum atomic E-state index is 11.9. The number of hydrogen-bond donors (Lipinski definition) is 3. The molecule has 100 valence electrons. The minimum Gasteiger partial charge on any atom is -0.387 e. The molecule has 17 heavy (non-hydrogen) atoms. The van der Waals surface area contributed by atoms with Gasteiger partial charge in [0.05, 0.1) is 24.7 Å². The number of amides is 1. The quantitative estimate of drug-likeness (QED) is 0.599. The van der Waals surface area contributed by atoms with E-state index >= 15 is 0 Å². The molecule has 1 rings (SSSR count). The second kappa shape index (κ2) is 6.58. The molecule has 3 atom stereocenters. The second-order valence-corrected chi connectivity index (χ2v) is 5.55. The van der Waals surface area contributed by atoms with Crippen molar-refractivity contribution < 1.29 is 14.6 Å². The molecule has 0 saturated carbocycles. The zero-order chi connectivity index (χ0) is 12.9. The highest BCUT2D eigenvalue weighted by molar-refractivity contribution is 7.98. The maximum Gasteiger partial charge on any atom is 0.227 e. The topological polar surface area (TPSA) is 70.6 Å². The van der Waals surface area contributed by atoms with Gasteiger partial charge in [0.2, 0.25) is 5.91 Å². The smallest absolute Gasteiger partial charge is 0.227 e. The van der Waals surface area contributed by atoms with E-state index in [0.29, 0.717) is 19.0 Å². The van der Waals surface area contributed by atoms with E-state index in [0.717, 1.165) is 0 Å². The molecule has 0 aromatic carbocycles. The van der Waals surface area contributed by atoms with E-state index in [2.05, 4.69) is 10.6 Å². The lowest BCUT2D eigenvalue weighted by molar-refractivity contribution is -0.126. The van der Waals surface area contributed by atoms with Crippen LogP contribution in [-0.4, -0.2) is 61.5 Å². The zero-order valence-corrected chi connectivity index (χ0v) is 11.5. The van der Waals surface area contributed by atoms with E-state index < -0.39 is 5.60 Å². The summed E-state index contributed by atoms with van der Waals surface area (Å²) >= 11 is 1.56. The number of rotatable bonds is 6. The standard InChI is InChI=1S/C11H22N2O3S/c1-11(15,7-17-3)6-13-10(14)8-4-16-5-9(8)12-2/h8-9,12,15H,4-7H2,1-3H3,(H,13,14). The lowest BCUT2D eigenvalue weighted by Crippen LogP contribution is -2.48. The number of carbonyl (C=O) groups excluding carboxylic acids is 1. The molecule has 1 amide bonds. The predicted octanol–water partition coefficient (Wildman–Crippen LogP) is -0.549. The lowest BCUT2D eigenvalue weighted by atomic mass is 10.0. The number of carbonyl (C=O) groups is 1. The van der Waals surface area contributed by atoms with Gasteiger partial charge in [-0.3, -0.25) is 4.79 Å². The fourth-order valence-electron chi connectivity index (χ4n) is 1.87. The summed E-state index contributed by atoms with van der Waals surface area (Å²) in [4.78, 5) is 11.9. The van der Waals surface area contributed by atoms with Gasteiger partial charge in [-0.25, -0.2) is 0 Å². The van der Waals surface area contributed by atoms with Gasteiger partial charge in [-0.1, -0.05) is 0 Å². The van der Waals surface area contributed by atoms with Gasteiger partial charge in [0.25, 0.3) is 0 Å². The highest BCUT2D eigenvalue weighted by Crippen LogP contribution is 2.14. The van der Waals surface area contributed by atoms with Gasteiger partial charge in [0.15, 0.2) is 0 Å². The molecule has 3 unspecified atom stereocenters. The summed E-state index contributed by atoms with van der Waals surface area (Å²) in [6, 6.07) is 0.0699. The molecule has 0 radical (unpaired) electrons. The van der Waals surface area contributed by atoms with Crippen LogP contribution in [0.4, 0.5) is 0 Å². The van der Waals surface area contributed by atoms with Crippen LogP contribution in [0.3, 0.4) is 0 Å². The van der Waals surface area contributed by atoms with Crippen LogP contribution in [0.25, 0.3) is 0 Å². The average molecular weight is 262 g/mol. The van der Waals surface area contributed by atoms with Gasteiger partial charge in [-0.05, 0) is 20.2 Å². The molecule has 3 N–H and O–H groups in total. The van der Waals surface area contributed by atoms with Crippen molar-refractivity contribution in [3.63, 3.8) is 0 Å². The van der Waals surface area contributed by atoms with Crippen molar-refractivity contribution in [3.05, 3.63) is 0 Å². The van der Waals surface area contributed by atoms with Gasteiger partial charge in [0, 0.05) is 18.3 Å². The number of hydrogen-bond acceptors (Lipinski definition) is 5. The molecule has 0 aliphatic carbocycles. The molecule has 1 heterocycles. The first-order chi connectivity index (χ1) is 8.00. The van der Waals surface area contributed by atoms with Crippen LogP contribution in [0.1, 0.15) is 6.92 Å². The third kappa shape index (κ3) is 4.46. The Bertz CT molecular complexity index is 261. The Labute approximate surface area is 107 Å². The van der Waals surface area contributed by atoms with Crippen LogP contribution in [0.2, 0.25) is 0 Å². The van der Waals surface area contributed by atoms with Crippen LogP contribution in [0, 0.1) is 5.92 Å². The molecule has 0 bridgehead atoms. The van der Waals surface area contributed by atoms with Crippen LogP contribution in [0.15, 0.2) is 0 Å². The van der Waals surface area contributed by atoms with Gasteiger partial charge in [0.1, 0.15) is 0 Å². The van der Waals surface area contributed by atoms with Crippen LogP contribution in [0.5, 0.6) is 0 Å². The monoisotopic (exact) mass is 262 g/mol. The minimum absolute atomic E-state index is 0.0526. The molecule has 1 aliphatic heterocycles. The summed E-state index contributed by atoms with van der Waals surface area (Å²) in [6.07, 6.45) is 1.93. The molecule has 0 aromatic heterocycles. The lowest BCUT2D eigenvalue weighted by Gasteiger charge is -2.24. The van der Waals surface area contributed by atoms with Crippen LogP contribution < -0.4 is 10.6 Å². The number of aliphatic hydroxyl groups is 1. The van der Waals surface area contributed by atoms with E-state index in [-0.39, 0.29) is 24.4 Å². The summed E-state index contributed by atoms with van der Waals surface area (Å²) in [5.74, 6) is 0.387. The third-order valence-corrected chi connectivity index (χ3v) is 3.80. The number of ether oxygens (including phenoxy) is 1. The molecule has 1 fully saturated rings. The molecular formula is C11H22N2O3S. The van der Waals surface area contributed by atoms with Crippen molar-refractivity contribution in [3.8, 4) is 0 Å². The highest BCUT2D eigenvalue weighted by atomic mass is 32.2. The average Bonchev–Trinajstić information content (AvgIpc) is 2.74. The number of nitrogens with one attached hydrogen (secondary N) is 2. The van der Waals surface area contributed by atoms with Crippen LogP contribution in [-0.2, 0) is 9.53 Å². The first-order valence-electron chi connectivity index (χ1n) is 5.74. The van der Waals surface area contributed by atoms with Gasteiger partial charge >= 0.3 is 0 Å². The Balaban J connectivity index is 2.39. The highest BCUT2D eigenvalue weighted by Gasteiger charge is 2.33. The van der Waals surface area contributed by atoms with Crippen molar-refractivity contribution in [2.45, 2.75) is 18.6 Å². The fourth-order valence-corrected chi connectivity index (χ4v) is 2.59. The fraction of sp³-hybridized carbons (Fsp3) is 0.909. The molecule has 5 nitrogen and oxygen atoms in total. The Kier molecular flexibility index (Phi) is 5.72. The van der Waals surface area contributed by atoms with Gasteiger partial charge in [-0.15, -0.1) is 0 Å². The predicted molar refractivity (Wildman–Crippen MR) is 69.2 cm³/mol. The second-order valence-electron chi connectivity index (χ2n) is 4.69. The van der Waals surface area contributed by atoms with Crippen molar-refractivity contribution in [2.24, 2.45) is 5.92 Å². The molecule has 0 aromatic rings. The van der Waals surface area contributed by atoms with Crippen LogP contribution >= 0.6 is 11.8 Å². The SMILES string of the molecule is CNC1COCC1C(=O)NCC(C)(O)CSC. The molecule has 1 saturated heterocycles. The minimum atomic E-state index is -0.857. The largest absolute Gasteiger partial charge is 0.387 e. The van der Waals surface area contributed by atoms with Crippen molar-refractivity contribution in [1.29, 1.82) is 0 Å². The normalized spacial score (nSPS) is 27.8. The summed E-state index contributed by atoms with van der Waals surface area (Å²) < 4.78 is 5.27. The number of likely N-dealkylation sites (N-methyl/N-ethyl adjacent to an activating group) is 1. The molecule has 0 spiro atoms. The maximum absolute atomic E-state index is 11.9.